The maximum absolute atomic E-state index is 10.9. The summed E-state index contributed by atoms with van der Waals surface area (Å²) in [5, 5.41) is 5.82. The molecule has 1 amide bonds. The fourth-order valence-corrected chi connectivity index (χ4v) is 3.44. The fraction of sp³-hybridized carbons (Fsp3) is 0.200. The number of carbonyl (C=O) groups excluding carboxylic acids is 1. The van der Waals surface area contributed by atoms with Crippen LogP contribution in [0.2, 0.25) is 0 Å². The van der Waals surface area contributed by atoms with E-state index in [9.17, 15) is 4.79 Å². The van der Waals surface area contributed by atoms with Gasteiger partial charge >= 0.3 is 0 Å². The van der Waals surface area contributed by atoms with Crippen molar-refractivity contribution in [3.63, 3.8) is 0 Å². The average Bonchev–Trinajstić information content (AvgIpc) is 3.12. The van der Waals surface area contributed by atoms with Crippen molar-refractivity contribution < 1.29 is 9.53 Å². The zero-order valence-electron chi connectivity index (χ0n) is 14.3. The Morgan fingerprint density at radius 1 is 1.16 bits per heavy atom. The van der Waals surface area contributed by atoms with Gasteiger partial charge in [0.05, 0.1) is 18.4 Å². The first-order chi connectivity index (χ1) is 12.2. The fourth-order valence-electron chi connectivity index (χ4n) is 2.58. The van der Waals surface area contributed by atoms with Crippen LogP contribution >= 0.6 is 11.3 Å². The molecule has 25 heavy (non-hydrogen) atoms. The van der Waals surface area contributed by atoms with Crippen LogP contribution in [0.1, 0.15) is 12.5 Å². The number of methoxy groups -OCH3 is 1. The number of benzene rings is 2. The third kappa shape index (κ3) is 4.25. The zero-order valence-corrected chi connectivity index (χ0v) is 15.1. The number of carbonyl (C=O) groups is 1. The Kier molecular flexibility index (Phi) is 5.46. The maximum Gasteiger partial charge on any atom is 0.216 e. The lowest BCUT2D eigenvalue weighted by atomic mass is 10.1. The lowest BCUT2D eigenvalue weighted by Crippen LogP contribution is -2.22. The van der Waals surface area contributed by atoms with Gasteiger partial charge in [-0.25, -0.2) is 4.98 Å². The number of aromatic nitrogens is 1. The van der Waals surface area contributed by atoms with Crippen LogP contribution in [0.5, 0.6) is 5.75 Å². The van der Waals surface area contributed by atoms with Gasteiger partial charge in [0, 0.05) is 24.4 Å². The number of amides is 1. The minimum absolute atomic E-state index is 0.00274. The van der Waals surface area contributed by atoms with E-state index in [1.165, 1.54) is 12.5 Å². The number of rotatable bonds is 6. The van der Waals surface area contributed by atoms with Gasteiger partial charge in [0.25, 0.3) is 0 Å². The predicted octanol–water partition coefficient (Wildman–Crippen LogP) is 4.16. The van der Waals surface area contributed by atoms with Crippen molar-refractivity contribution in [2.75, 3.05) is 13.7 Å². The van der Waals surface area contributed by atoms with Gasteiger partial charge in [-0.05, 0) is 24.1 Å². The molecule has 0 atom stereocenters. The van der Waals surface area contributed by atoms with E-state index in [4.69, 9.17) is 9.72 Å². The standard InChI is InChI=1S/C20H20N2O2S/c1-14(23)21-12-11-15-7-9-16(10-8-15)18-13-25-20(22-18)17-5-3-4-6-19(17)24-2/h3-10,13H,11-12H2,1-2H3,(H,21,23). The molecular formula is C20H20N2O2S. The van der Waals surface area contributed by atoms with Crippen LogP contribution in [0.3, 0.4) is 0 Å². The Bertz CT molecular complexity index is 856. The van der Waals surface area contributed by atoms with Crippen LogP contribution in [0, 0.1) is 0 Å². The highest BCUT2D eigenvalue weighted by atomic mass is 32.1. The van der Waals surface area contributed by atoms with Gasteiger partial charge in [-0.15, -0.1) is 11.3 Å². The van der Waals surface area contributed by atoms with Gasteiger partial charge in [0.2, 0.25) is 5.91 Å². The molecule has 0 aliphatic heterocycles. The van der Waals surface area contributed by atoms with Crippen LogP contribution in [-0.4, -0.2) is 24.5 Å². The first-order valence-electron chi connectivity index (χ1n) is 8.10. The molecule has 0 fully saturated rings. The topological polar surface area (TPSA) is 51.2 Å². The largest absolute Gasteiger partial charge is 0.496 e. The third-order valence-corrected chi connectivity index (χ3v) is 4.75. The SMILES string of the molecule is COc1ccccc1-c1nc(-c2ccc(CCNC(C)=O)cc2)cs1. The molecule has 4 nitrogen and oxygen atoms in total. The molecule has 0 saturated carbocycles. The zero-order chi connectivity index (χ0) is 17.6. The van der Waals surface area contributed by atoms with Gasteiger partial charge in [-0.3, -0.25) is 4.79 Å². The molecule has 0 spiro atoms. The normalized spacial score (nSPS) is 10.5. The highest BCUT2D eigenvalue weighted by Gasteiger charge is 2.10. The Morgan fingerprint density at radius 2 is 1.92 bits per heavy atom. The van der Waals surface area contributed by atoms with Gasteiger partial charge in [-0.2, -0.15) is 0 Å². The van der Waals surface area contributed by atoms with Gasteiger partial charge in [-0.1, -0.05) is 36.4 Å². The summed E-state index contributed by atoms with van der Waals surface area (Å²) in [5.74, 6) is 0.833. The monoisotopic (exact) mass is 352 g/mol. The number of para-hydroxylation sites is 1. The van der Waals surface area contributed by atoms with Crippen molar-refractivity contribution in [1.82, 2.24) is 10.3 Å². The van der Waals surface area contributed by atoms with E-state index in [-0.39, 0.29) is 5.91 Å². The predicted molar refractivity (Wildman–Crippen MR) is 102 cm³/mol. The van der Waals surface area contributed by atoms with E-state index >= 15 is 0 Å². The molecule has 3 aromatic rings. The summed E-state index contributed by atoms with van der Waals surface area (Å²) in [6.07, 6.45) is 0.823. The molecule has 1 heterocycles. The second-order valence-corrected chi connectivity index (χ2v) is 6.53. The Morgan fingerprint density at radius 3 is 2.64 bits per heavy atom. The minimum atomic E-state index is 0.00274. The molecule has 1 aromatic heterocycles. The molecule has 128 valence electrons. The number of hydrogen-bond donors (Lipinski definition) is 1. The van der Waals surface area contributed by atoms with Gasteiger partial charge < -0.3 is 10.1 Å². The summed E-state index contributed by atoms with van der Waals surface area (Å²) in [6, 6.07) is 16.2. The smallest absolute Gasteiger partial charge is 0.216 e. The van der Waals surface area contributed by atoms with E-state index in [2.05, 4.69) is 35.0 Å². The van der Waals surface area contributed by atoms with E-state index in [0.717, 1.165) is 34.0 Å². The highest BCUT2D eigenvalue weighted by molar-refractivity contribution is 7.13. The van der Waals surface area contributed by atoms with Crippen molar-refractivity contribution in [3.8, 4) is 27.6 Å². The first kappa shape index (κ1) is 17.2. The second kappa shape index (κ2) is 7.94. The molecule has 2 aromatic carbocycles. The number of thiazole rings is 1. The van der Waals surface area contributed by atoms with Crippen molar-refractivity contribution in [3.05, 3.63) is 59.5 Å². The number of ether oxygens (including phenoxy) is 1. The van der Waals surface area contributed by atoms with Crippen LogP contribution in [0.25, 0.3) is 21.8 Å². The van der Waals surface area contributed by atoms with Crippen molar-refractivity contribution in [2.24, 2.45) is 0 Å². The molecule has 0 bridgehead atoms. The molecule has 0 unspecified atom stereocenters. The first-order valence-corrected chi connectivity index (χ1v) is 8.98. The van der Waals surface area contributed by atoms with Gasteiger partial charge in [0.15, 0.2) is 0 Å². The lowest BCUT2D eigenvalue weighted by molar-refractivity contribution is -0.118. The summed E-state index contributed by atoms with van der Waals surface area (Å²) in [6.45, 7) is 2.19. The van der Waals surface area contributed by atoms with Crippen molar-refractivity contribution in [1.29, 1.82) is 0 Å². The summed E-state index contributed by atoms with van der Waals surface area (Å²) < 4.78 is 5.42. The summed E-state index contributed by atoms with van der Waals surface area (Å²) in [7, 11) is 1.67. The molecule has 1 N–H and O–H groups in total. The van der Waals surface area contributed by atoms with Crippen LogP contribution in [-0.2, 0) is 11.2 Å². The number of nitrogens with zero attached hydrogens (tertiary/aromatic N) is 1. The lowest BCUT2D eigenvalue weighted by Gasteiger charge is -2.05. The van der Waals surface area contributed by atoms with E-state index in [0.29, 0.717) is 6.54 Å². The van der Waals surface area contributed by atoms with Crippen molar-refractivity contribution >= 4 is 17.2 Å². The molecular weight excluding hydrogens is 332 g/mol. The van der Waals surface area contributed by atoms with Gasteiger partial charge in [0.1, 0.15) is 10.8 Å². The summed E-state index contributed by atoms with van der Waals surface area (Å²) in [5.41, 5.74) is 4.24. The van der Waals surface area contributed by atoms with Crippen molar-refractivity contribution in [2.45, 2.75) is 13.3 Å². The molecule has 0 saturated heterocycles. The summed E-state index contributed by atoms with van der Waals surface area (Å²) >= 11 is 1.61. The van der Waals surface area contributed by atoms with E-state index < -0.39 is 0 Å². The van der Waals surface area contributed by atoms with Crippen LogP contribution in [0.4, 0.5) is 0 Å². The molecule has 0 radical (unpaired) electrons. The summed E-state index contributed by atoms with van der Waals surface area (Å²) in [4.78, 5) is 15.7. The minimum Gasteiger partial charge on any atom is -0.496 e. The molecule has 0 aliphatic carbocycles. The van der Waals surface area contributed by atoms with Crippen LogP contribution < -0.4 is 10.1 Å². The second-order valence-electron chi connectivity index (χ2n) is 5.67. The Balaban J connectivity index is 1.75. The molecule has 0 aliphatic rings. The van der Waals surface area contributed by atoms with E-state index in [1.54, 1.807) is 18.4 Å². The quantitative estimate of drug-likeness (QED) is 0.724. The Labute approximate surface area is 151 Å². The maximum atomic E-state index is 10.9. The average molecular weight is 352 g/mol. The van der Waals surface area contributed by atoms with E-state index in [1.807, 2.05) is 24.3 Å². The highest BCUT2D eigenvalue weighted by Crippen LogP contribution is 2.34. The molecule has 3 rings (SSSR count). The molecule has 5 heteroatoms. The number of nitrogens with one attached hydrogen (secondary N) is 1. The number of hydrogen-bond acceptors (Lipinski definition) is 4. The van der Waals surface area contributed by atoms with Crippen LogP contribution in [0.15, 0.2) is 53.9 Å². The Hall–Kier alpha value is -2.66. The third-order valence-electron chi connectivity index (χ3n) is 3.88.